The summed E-state index contributed by atoms with van der Waals surface area (Å²) in [5.41, 5.74) is 5.17. The lowest BCUT2D eigenvalue weighted by molar-refractivity contribution is -0.134. The van der Waals surface area contributed by atoms with E-state index < -0.39 is 22.8 Å². The smallest absolute Gasteiger partial charge is 0.312 e. The Labute approximate surface area is 76.9 Å². The second-order valence-electron chi connectivity index (χ2n) is 1.98. The van der Waals surface area contributed by atoms with Gasteiger partial charge in [-0.1, -0.05) is 12.2 Å². The van der Waals surface area contributed by atoms with E-state index in [1.165, 1.54) is 0 Å². The molecule has 0 spiro atoms. The number of hydrogen-bond acceptors (Lipinski definition) is 3. The first-order chi connectivity index (χ1) is 5.43. The molecule has 0 saturated heterocycles. The second-order valence-corrected chi connectivity index (χ2v) is 4.92. The third-order valence-electron chi connectivity index (χ3n) is 0.964. The number of carboxylic acid groups (broad SMARTS) is 2. The summed E-state index contributed by atoms with van der Waals surface area (Å²) < 4.78 is -0.00481. The van der Waals surface area contributed by atoms with Gasteiger partial charge in [-0.2, -0.15) is 10.9 Å². The van der Waals surface area contributed by atoms with Gasteiger partial charge in [0.1, 0.15) is 4.32 Å². The minimum absolute atomic E-state index is 0.00481. The highest BCUT2D eigenvalue weighted by Crippen LogP contribution is 2.23. The monoisotopic (exact) mass is 211 g/mol. The van der Waals surface area contributed by atoms with Crippen molar-refractivity contribution in [3.8, 4) is 0 Å². The van der Waals surface area contributed by atoms with Crippen LogP contribution in [0, 0.1) is 0 Å². The molecule has 0 bridgehead atoms. The largest absolute Gasteiger partial charge is 0.481 e. The number of thiocarbonyl (C=S) groups is 1. The van der Waals surface area contributed by atoms with Crippen LogP contribution in [0.15, 0.2) is 0 Å². The molecule has 5 nitrogen and oxygen atoms in total. The van der Waals surface area contributed by atoms with Crippen LogP contribution >= 0.6 is 23.1 Å². The van der Waals surface area contributed by atoms with Crippen molar-refractivity contribution < 1.29 is 19.8 Å². The topological polar surface area (TPSA) is 101 Å². The summed E-state index contributed by atoms with van der Waals surface area (Å²) in [6.07, 6.45) is 0. The van der Waals surface area contributed by atoms with Gasteiger partial charge in [0.15, 0.2) is 0 Å². The molecule has 0 heterocycles. The van der Waals surface area contributed by atoms with Gasteiger partial charge in [-0.3, -0.25) is 9.59 Å². The van der Waals surface area contributed by atoms with Crippen molar-refractivity contribution in [2.45, 2.75) is 0 Å². The van der Waals surface area contributed by atoms with Gasteiger partial charge in [-0.05, 0) is 0 Å². The fourth-order valence-corrected chi connectivity index (χ4v) is 2.00. The molecule has 0 aromatic rings. The predicted octanol–water partition coefficient (Wildman–Crippen LogP) is -0.600. The minimum Gasteiger partial charge on any atom is -0.481 e. The summed E-state index contributed by atoms with van der Waals surface area (Å²) in [6.45, 7) is 0. The Balaban J connectivity index is 4.14. The molecule has 0 fully saturated rings. The van der Waals surface area contributed by atoms with E-state index in [1.807, 2.05) is 0 Å². The molecule has 0 amide bonds. The molecule has 0 rings (SSSR count). The zero-order valence-electron chi connectivity index (χ0n) is 6.06. The third-order valence-corrected chi connectivity index (χ3v) is 3.67. The van der Waals surface area contributed by atoms with E-state index in [0.29, 0.717) is 0 Å². The van der Waals surface area contributed by atoms with Crippen LogP contribution in [0.2, 0.25) is 0 Å². The summed E-state index contributed by atoms with van der Waals surface area (Å²) in [4.78, 5) is 20.4. The van der Waals surface area contributed by atoms with Gasteiger partial charge in [-0.15, -0.1) is 0 Å². The molecule has 0 saturated carbocycles. The second kappa shape index (κ2) is 4.94. The quantitative estimate of drug-likeness (QED) is 0.366. The van der Waals surface area contributed by atoms with E-state index in [0.717, 1.165) is 0 Å². The first-order valence-electron chi connectivity index (χ1n) is 2.91. The molecule has 0 aliphatic carbocycles. The Hall–Kier alpha value is -0.820. The van der Waals surface area contributed by atoms with Gasteiger partial charge >= 0.3 is 11.9 Å². The van der Waals surface area contributed by atoms with Crippen LogP contribution in [0.3, 0.4) is 0 Å². The lowest BCUT2D eigenvalue weighted by Crippen LogP contribution is -2.20. The predicted molar refractivity (Wildman–Crippen MR) is 50.8 cm³/mol. The molecule has 7 heteroatoms. The zero-order chi connectivity index (χ0) is 9.72. The average Bonchev–Trinajstić information content (AvgIpc) is 1.83. The van der Waals surface area contributed by atoms with Gasteiger partial charge in [0.2, 0.25) is 0 Å². The van der Waals surface area contributed by atoms with Crippen LogP contribution in [0.25, 0.3) is 0 Å². The van der Waals surface area contributed by atoms with Gasteiger partial charge in [0, 0.05) is 0 Å². The number of nitrogens with two attached hydrogens (primary N) is 1. The van der Waals surface area contributed by atoms with Crippen molar-refractivity contribution in [1.82, 2.24) is 0 Å². The molecular formula is C5H9NO4S2. The SMILES string of the molecule is NC(=S)[SH](CC(=O)O)CC(=O)O. The summed E-state index contributed by atoms with van der Waals surface area (Å²) >= 11 is 4.53. The average molecular weight is 211 g/mol. The highest BCUT2D eigenvalue weighted by Gasteiger charge is 2.14. The Morgan fingerprint density at radius 3 is 1.75 bits per heavy atom. The van der Waals surface area contributed by atoms with Crippen LogP contribution in [-0.2, 0) is 9.59 Å². The van der Waals surface area contributed by atoms with Crippen molar-refractivity contribution in [1.29, 1.82) is 0 Å². The molecule has 70 valence electrons. The Bertz CT molecular complexity index is 201. The fourth-order valence-electron chi connectivity index (χ4n) is 0.538. The van der Waals surface area contributed by atoms with Gasteiger partial charge in [0.05, 0.1) is 11.5 Å². The fraction of sp³-hybridized carbons (Fsp3) is 0.400. The highest BCUT2D eigenvalue weighted by atomic mass is 32.2. The molecular weight excluding hydrogens is 202 g/mol. The highest BCUT2D eigenvalue weighted by molar-refractivity contribution is 8.36. The van der Waals surface area contributed by atoms with Crippen molar-refractivity contribution in [2.24, 2.45) is 5.73 Å². The van der Waals surface area contributed by atoms with Gasteiger partial charge < -0.3 is 15.9 Å². The van der Waals surface area contributed by atoms with E-state index in [9.17, 15) is 9.59 Å². The minimum atomic E-state index is -1.39. The molecule has 0 radical (unpaired) electrons. The maximum Gasteiger partial charge on any atom is 0.312 e. The van der Waals surface area contributed by atoms with E-state index in [2.05, 4.69) is 12.2 Å². The van der Waals surface area contributed by atoms with E-state index in [4.69, 9.17) is 15.9 Å². The zero-order valence-corrected chi connectivity index (χ0v) is 7.77. The maximum absolute atomic E-state index is 10.2. The third kappa shape index (κ3) is 4.91. The number of rotatable bonds is 4. The Morgan fingerprint density at radius 1 is 1.25 bits per heavy atom. The van der Waals surface area contributed by atoms with E-state index >= 15 is 0 Å². The molecule has 0 unspecified atom stereocenters. The Kier molecular flexibility index (Phi) is 4.60. The number of aliphatic carboxylic acids is 2. The first kappa shape index (κ1) is 11.2. The summed E-state index contributed by atoms with van der Waals surface area (Å²) in [5, 5.41) is 16.7. The van der Waals surface area contributed by atoms with Crippen LogP contribution in [0.5, 0.6) is 0 Å². The van der Waals surface area contributed by atoms with E-state index in [1.54, 1.807) is 0 Å². The summed E-state index contributed by atoms with van der Waals surface area (Å²) in [5.74, 6) is -2.68. The van der Waals surface area contributed by atoms with Crippen LogP contribution in [0.4, 0.5) is 0 Å². The molecule has 0 aromatic carbocycles. The molecule has 0 aromatic heterocycles. The maximum atomic E-state index is 10.2. The Morgan fingerprint density at radius 2 is 1.58 bits per heavy atom. The number of carboxylic acids is 2. The van der Waals surface area contributed by atoms with Gasteiger partial charge in [0.25, 0.3) is 0 Å². The molecule has 4 N–H and O–H groups in total. The number of carbonyl (C=O) groups is 2. The molecule has 0 atom stereocenters. The normalized spacial score (nSPS) is 10.5. The van der Waals surface area contributed by atoms with Crippen molar-refractivity contribution in [3.05, 3.63) is 0 Å². The molecule has 0 aliphatic heterocycles. The van der Waals surface area contributed by atoms with E-state index in [-0.39, 0.29) is 15.8 Å². The first-order valence-corrected chi connectivity index (χ1v) is 5.03. The van der Waals surface area contributed by atoms with Crippen LogP contribution in [0.1, 0.15) is 0 Å². The molecule has 0 aliphatic rings. The molecule has 12 heavy (non-hydrogen) atoms. The van der Waals surface area contributed by atoms with Gasteiger partial charge in [-0.25, -0.2) is 0 Å². The summed E-state index contributed by atoms with van der Waals surface area (Å²) in [7, 11) is -1.39. The lowest BCUT2D eigenvalue weighted by atomic mass is 10.8. The van der Waals surface area contributed by atoms with Crippen LogP contribution in [-0.4, -0.2) is 38.0 Å². The number of hydrogen-bond donors (Lipinski definition) is 4. The van der Waals surface area contributed by atoms with Crippen molar-refractivity contribution in [3.63, 3.8) is 0 Å². The standard InChI is InChI=1S/C5H9NO4S2/c6-5(11)12(1-3(7)8)2-4(9)10/h12H,1-2H2,(H2,6,11)(H,7,8)(H,9,10). The number of thiol groups is 1. The van der Waals surface area contributed by atoms with Crippen molar-refractivity contribution >= 4 is 39.4 Å². The van der Waals surface area contributed by atoms with Crippen LogP contribution < -0.4 is 5.73 Å². The lowest BCUT2D eigenvalue weighted by Gasteiger charge is -2.14. The van der Waals surface area contributed by atoms with Crippen molar-refractivity contribution in [2.75, 3.05) is 11.5 Å². The summed E-state index contributed by atoms with van der Waals surface area (Å²) in [6, 6.07) is 0.